The fourth-order valence-corrected chi connectivity index (χ4v) is 2.12. The maximum Gasteiger partial charge on any atom is 0.139 e. The van der Waals surface area contributed by atoms with E-state index in [4.69, 9.17) is 0 Å². The summed E-state index contributed by atoms with van der Waals surface area (Å²) < 4.78 is 13.8. The van der Waals surface area contributed by atoms with Gasteiger partial charge in [0, 0.05) is 11.8 Å². The van der Waals surface area contributed by atoms with Gasteiger partial charge < -0.3 is 4.98 Å². The molecule has 0 spiro atoms. The second kappa shape index (κ2) is 3.92. The fraction of sp³-hybridized carbons (Fsp3) is 0. The van der Waals surface area contributed by atoms with Crippen molar-refractivity contribution in [1.29, 1.82) is 0 Å². The van der Waals surface area contributed by atoms with E-state index in [2.05, 4.69) is 30.9 Å². The van der Waals surface area contributed by atoms with Crippen LogP contribution in [0, 0.1) is 5.82 Å². The van der Waals surface area contributed by atoms with Gasteiger partial charge in [-0.1, -0.05) is 6.07 Å². The second-order valence-corrected chi connectivity index (χ2v) is 4.37. The van der Waals surface area contributed by atoms with Crippen LogP contribution in [0.25, 0.3) is 22.4 Å². The smallest absolute Gasteiger partial charge is 0.139 e. The van der Waals surface area contributed by atoms with Crippen LogP contribution in [0.4, 0.5) is 4.39 Å². The highest BCUT2D eigenvalue weighted by molar-refractivity contribution is 9.10. The summed E-state index contributed by atoms with van der Waals surface area (Å²) >= 11 is 3.22. The van der Waals surface area contributed by atoms with Gasteiger partial charge >= 0.3 is 0 Å². The lowest BCUT2D eigenvalue weighted by molar-refractivity contribution is 0.621. The number of fused-ring (bicyclic) bond motifs is 1. The molecule has 0 radical (unpaired) electrons. The van der Waals surface area contributed by atoms with Gasteiger partial charge in [0.25, 0.3) is 0 Å². The van der Waals surface area contributed by atoms with Crippen LogP contribution in [-0.2, 0) is 0 Å². The number of aromatic nitrogens is 3. The number of H-pyrrole nitrogens is 1. The molecule has 0 bridgehead atoms. The molecule has 1 N–H and O–H groups in total. The molecular weight excluding hydrogens is 285 g/mol. The predicted octanol–water partition coefficient (Wildman–Crippen LogP) is 3.53. The topological polar surface area (TPSA) is 41.6 Å². The molecule has 3 nitrogen and oxygen atoms in total. The van der Waals surface area contributed by atoms with Crippen molar-refractivity contribution in [3.8, 4) is 11.4 Å². The molecule has 17 heavy (non-hydrogen) atoms. The number of nitrogens with zero attached hydrogens (tertiary/aromatic N) is 2. The molecule has 0 unspecified atom stereocenters. The molecule has 1 aromatic carbocycles. The minimum absolute atomic E-state index is 0.305. The Morgan fingerprint density at radius 1 is 1.24 bits per heavy atom. The number of benzene rings is 1. The molecule has 5 heteroatoms. The van der Waals surface area contributed by atoms with Crippen LogP contribution in [0.15, 0.2) is 41.1 Å². The van der Waals surface area contributed by atoms with E-state index < -0.39 is 0 Å². The van der Waals surface area contributed by atoms with Gasteiger partial charge in [0.2, 0.25) is 0 Å². The van der Waals surface area contributed by atoms with Crippen LogP contribution < -0.4 is 0 Å². The zero-order valence-corrected chi connectivity index (χ0v) is 10.2. The van der Waals surface area contributed by atoms with Crippen molar-refractivity contribution in [1.82, 2.24) is 15.0 Å². The number of imidazole rings is 1. The summed E-state index contributed by atoms with van der Waals surface area (Å²) in [5.74, 6) is 0.320. The zero-order chi connectivity index (χ0) is 11.8. The lowest BCUT2D eigenvalue weighted by Gasteiger charge is -2.00. The number of hydrogen-bond donors (Lipinski definition) is 1. The highest BCUT2D eigenvalue weighted by Gasteiger charge is 2.11. The predicted molar refractivity (Wildman–Crippen MR) is 67.0 cm³/mol. The van der Waals surface area contributed by atoms with E-state index in [-0.39, 0.29) is 5.82 Å². The first-order valence-corrected chi connectivity index (χ1v) is 5.79. The van der Waals surface area contributed by atoms with Crippen molar-refractivity contribution in [3.63, 3.8) is 0 Å². The highest BCUT2D eigenvalue weighted by Crippen LogP contribution is 2.29. The molecule has 3 aromatic rings. The Bertz CT molecular complexity index is 660. The first-order chi connectivity index (χ1) is 8.25. The molecule has 0 saturated heterocycles. The Hall–Kier alpha value is -1.75. The van der Waals surface area contributed by atoms with Gasteiger partial charge in [0.15, 0.2) is 0 Å². The molecule has 0 fully saturated rings. The molecule has 0 amide bonds. The molecule has 0 atom stereocenters. The van der Waals surface area contributed by atoms with E-state index in [9.17, 15) is 4.39 Å². The van der Waals surface area contributed by atoms with Gasteiger partial charge in [-0.2, -0.15) is 0 Å². The van der Waals surface area contributed by atoms with Crippen molar-refractivity contribution in [2.24, 2.45) is 0 Å². The number of pyridine rings is 1. The summed E-state index contributed by atoms with van der Waals surface area (Å²) in [6.45, 7) is 0. The molecule has 2 aromatic heterocycles. The second-order valence-electron chi connectivity index (χ2n) is 3.58. The standard InChI is InChI=1S/C12H7BrFN3/c13-11-7(2-1-3-8(11)14)12-16-9-4-5-15-6-10(9)17-12/h1-6H,(H,16,17). The summed E-state index contributed by atoms with van der Waals surface area (Å²) in [6.07, 6.45) is 3.37. The third-order valence-electron chi connectivity index (χ3n) is 2.49. The van der Waals surface area contributed by atoms with E-state index in [1.165, 1.54) is 6.07 Å². The summed E-state index contributed by atoms with van der Waals surface area (Å²) in [6, 6.07) is 6.67. The largest absolute Gasteiger partial charge is 0.337 e. The molecule has 0 saturated carbocycles. The van der Waals surface area contributed by atoms with E-state index in [0.717, 1.165) is 11.0 Å². The zero-order valence-electron chi connectivity index (χ0n) is 8.61. The summed E-state index contributed by atoms with van der Waals surface area (Å²) in [5, 5.41) is 0. The maximum atomic E-state index is 13.4. The summed E-state index contributed by atoms with van der Waals surface area (Å²) in [5.41, 5.74) is 2.34. The minimum Gasteiger partial charge on any atom is -0.337 e. The van der Waals surface area contributed by atoms with Crippen molar-refractivity contribution in [3.05, 3.63) is 46.9 Å². The SMILES string of the molecule is Fc1cccc(-c2nc3ccncc3[nH]2)c1Br. The Labute approximate surface area is 105 Å². The Kier molecular flexibility index (Phi) is 2.40. The van der Waals surface area contributed by atoms with Gasteiger partial charge in [-0.25, -0.2) is 9.37 Å². The minimum atomic E-state index is -0.305. The number of rotatable bonds is 1. The van der Waals surface area contributed by atoms with Gasteiger partial charge in [0.1, 0.15) is 11.6 Å². The van der Waals surface area contributed by atoms with E-state index in [0.29, 0.717) is 15.9 Å². The molecule has 0 aliphatic heterocycles. The molecular formula is C12H7BrFN3. The lowest BCUT2D eigenvalue weighted by Crippen LogP contribution is -1.85. The number of nitrogens with one attached hydrogen (secondary N) is 1. The maximum absolute atomic E-state index is 13.4. The average Bonchev–Trinajstić information content (AvgIpc) is 2.76. The Balaban J connectivity index is 2.24. The van der Waals surface area contributed by atoms with Crippen molar-refractivity contribution < 1.29 is 4.39 Å². The first kappa shape index (κ1) is 10.4. The third-order valence-corrected chi connectivity index (χ3v) is 3.30. The van der Waals surface area contributed by atoms with Crippen LogP contribution in [0.5, 0.6) is 0 Å². The van der Waals surface area contributed by atoms with Crippen molar-refractivity contribution in [2.45, 2.75) is 0 Å². The monoisotopic (exact) mass is 291 g/mol. The molecule has 2 heterocycles. The fourth-order valence-electron chi connectivity index (χ4n) is 1.67. The molecule has 84 valence electrons. The Morgan fingerprint density at radius 3 is 2.94 bits per heavy atom. The first-order valence-electron chi connectivity index (χ1n) is 5.00. The van der Waals surface area contributed by atoms with Gasteiger partial charge in [0.05, 0.1) is 21.7 Å². The van der Waals surface area contributed by atoms with E-state index >= 15 is 0 Å². The van der Waals surface area contributed by atoms with Crippen LogP contribution in [0.3, 0.4) is 0 Å². The van der Waals surface area contributed by atoms with E-state index in [1.54, 1.807) is 24.5 Å². The van der Waals surface area contributed by atoms with Crippen LogP contribution in [-0.4, -0.2) is 15.0 Å². The quantitative estimate of drug-likeness (QED) is 0.745. The molecule has 0 aliphatic carbocycles. The van der Waals surface area contributed by atoms with Crippen molar-refractivity contribution >= 4 is 27.0 Å². The van der Waals surface area contributed by atoms with Crippen LogP contribution in [0.1, 0.15) is 0 Å². The third kappa shape index (κ3) is 1.72. The van der Waals surface area contributed by atoms with E-state index in [1.807, 2.05) is 6.07 Å². The molecule has 3 rings (SSSR count). The average molecular weight is 292 g/mol. The van der Waals surface area contributed by atoms with Gasteiger partial charge in [-0.05, 0) is 34.1 Å². The van der Waals surface area contributed by atoms with Crippen LogP contribution in [0.2, 0.25) is 0 Å². The highest BCUT2D eigenvalue weighted by atomic mass is 79.9. The molecule has 0 aliphatic rings. The van der Waals surface area contributed by atoms with Crippen LogP contribution >= 0.6 is 15.9 Å². The Morgan fingerprint density at radius 2 is 2.12 bits per heavy atom. The van der Waals surface area contributed by atoms with Gasteiger partial charge in [-0.3, -0.25) is 4.98 Å². The normalized spacial score (nSPS) is 10.9. The summed E-state index contributed by atoms with van der Waals surface area (Å²) in [4.78, 5) is 11.5. The number of aromatic amines is 1. The lowest BCUT2D eigenvalue weighted by atomic mass is 10.2. The summed E-state index contributed by atoms with van der Waals surface area (Å²) in [7, 11) is 0. The number of hydrogen-bond acceptors (Lipinski definition) is 2. The van der Waals surface area contributed by atoms with Gasteiger partial charge in [-0.15, -0.1) is 0 Å². The van der Waals surface area contributed by atoms with Crippen molar-refractivity contribution in [2.75, 3.05) is 0 Å². The number of halogens is 2.